The van der Waals surface area contributed by atoms with Crippen LogP contribution in [0.5, 0.6) is 0 Å². The Morgan fingerprint density at radius 1 is 1.64 bits per heavy atom. The van der Waals surface area contributed by atoms with Gasteiger partial charge in [0.05, 0.1) is 0 Å². The minimum atomic E-state index is -0.152. The van der Waals surface area contributed by atoms with Gasteiger partial charge in [0.15, 0.2) is 0 Å². The summed E-state index contributed by atoms with van der Waals surface area (Å²) in [5, 5.41) is 9.15. The molecule has 2 rings (SSSR count). The monoisotopic (exact) mass is 194 g/mol. The standard InChI is InChI=1S/C9H14N4O/c1-6-3-2-4-7(6)12-9(14)8-10-5-11-13-8/h5-7H,2-4H2,1H3,(H,12,14)(H,10,11,13). The molecule has 0 aromatic carbocycles. The topological polar surface area (TPSA) is 70.7 Å². The van der Waals surface area contributed by atoms with E-state index >= 15 is 0 Å². The zero-order chi connectivity index (χ0) is 9.97. The fourth-order valence-electron chi connectivity index (χ4n) is 1.91. The van der Waals surface area contributed by atoms with Gasteiger partial charge in [-0.05, 0) is 18.8 Å². The Kier molecular flexibility index (Phi) is 2.47. The van der Waals surface area contributed by atoms with Crippen molar-refractivity contribution in [3.63, 3.8) is 0 Å². The minimum absolute atomic E-state index is 0.152. The molecule has 0 bridgehead atoms. The van der Waals surface area contributed by atoms with Gasteiger partial charge in [0.1, 0.15) is 6.33 Å². The van der Waals surface area contributed by atoms with E-state index in [0.29, 0.717) is 17.8 Å². The highest BCUT2D eigenvalue weighted by atomic mass is 16.2. The molecule has 2 unspecified atom stereocenters. The van der Waals surface area contributed by atoms with E-state index in [-0.39, 0.29) is 5.91 Å². The maximum atomic E-state index is 11.6. The second kappa shape index (κ2) is 3.77. The fraction of sp³-hybridized carbons (Fsp3) is 0.667. The van der Waals surface area contributed by atoms with E-state index in [1.165, 1.54) is 19.2 Å². The van der Waals surface area contributed by atoms with Crippen molar-refractivity contribution in [2.24, 2.45) is 5.92 Å². The number of aromatic amines is 1. The van der Waals surface area contributed by atoms with Crippen LogP contribution in [-0.4, -0.2) is 27.1 Å². The second-order valence-electron chi connectivity index (χ2n) is 3.82. The molecule has 1 aromatic heterocycles. The van der Waals surface area contributed by atoms with Gasteiger partial charge in [0.2, 0.25) is 5.82 Å². The number of rotatable bonds is 2. The molecule has 0 radical (unpaired) electrons. The van der Waals surface area contributed by atoms with Crippen molar-refractivity contribution in [1.82, 2.24) is 20.5 Å². The first-order chi connectivity index (χ1) is 6.77. The predicted octanol–water partition coefficient (Wildman–Crippen LogP) is 0.723. The number of hydrogen-bond donors (Lipinski definition) is 2. The number of aromatic nitrogens is 3. The largest absolute Gasteiger partial charge is 0.346 e. The van der Waals surface area contributed by atoms with E-state index in [4.69, 9.17) is 0 Å². The van der Waals surface area contributed by atoms with Gasteiger partial charge in [-0.15, -0.1) is 0 Å². The van der Waals surface area contributed by atoms with Crippen LogP contribution in [0.3, 0.4) is 0 Å². The summed E-state index contributed by atoms with van der Waals surface area (Å²) in [4.78, 5) is 15.4. The van der Waals surface area contributed by atoms with Gasteiger partial charge in [-0.3, -0.25) is 9.89 Å². The number of carbonyl (C=O) groups excluding carboxylic acids is 1. The Morgan fingerprint density at radius 3 is 3.07 bits per heavy atom. The van der Waals surface area contributed by atoms with Gasteiger partial charge in [-0.25, -0.2) is 4.98 Å². The zero-order valence-electron chi connectivity index (χ0n) is 8.16. The summed E-state index contributed by atoms with van der Waals surface area (Å²) in [6.45, 7) is 2.17. The molecular formula is C9H14N4O. The number of nitrogens with one attached hydrogen (secondary N) is 2. The lowest BCUT2D eigenvalue weighted by Crippen LogP contribution is -2.36. The third-order valence-electron chi connectivity index (χ3n) is 2.81. The lowest BCUT2D eigenvalue weighted by atomic mass is 10.1. The van der Waals surface area contributed by atoms with Crippen LogP contribution in [0.2, 0.25) is 0 Å². The molecule has 0 aliphatic heterocycles. The molecule has 5 nitrogen and oxygen atoms in total. The Hall–Kier alpha value is -1.39. The van der Waals surface area contributed by atoms with E-state index in [1.807, 2.05) is 0 Å². The van der Waals surface area contributed by atoms with Crippen molar-refractivity contribution < 1.29 is 4.79 Å². The number of hydrogen-bond acceptors (Lipinski definition) is 3. The van der Waals surface area contributed by atoms with Gasteiger partial charge in [0.25, 0.3) is 5.91 Å². The number of H-pyrrole nitrogens is 1. The summed E-state index contributed by atoms with van der Waals surface area (Å²) >= 11 is 0. The Bertz CT molecular complexity index is 309. The first-order valence-corrected chi connectivity index (χ1v) is 4.93. The Morgan fingerprint density at radius 2 is 2.50 bits per heavy atom. The third-order valence-corrected chi connectivity index (χ3v) is 2.81. The van der Waals surface area contributed by atoms with Gasteiger partial charge in [0, 0.05) is 6.04 Å². The molecule has 1 aromatic rings. The average molecular weight is 194 g/mol. The summed E-state index contributed by atoms with van der Waals surface area (Å²) in [7, 11) is 0. The molecule has 0 saturated heterocycles. The van der Waals surface area contributed by atoms with Crippen LogP contribution >= 0.6 is 0 Å². The van der Waals surface area contributed by atoms with Crippen LogP contribution in [0.15, 0.2) is 6.33 Å². The first kappa shape index (κ1) is 9.18. The van der Waals surface area contributed by atoms with Crippen molar-refractivity contribution in [3.8, 4) is 0 Å². The second-order valence-corrected chi connectivity index (χ2v) is 3.82. The SMILES string of the molecule is CC1CCCC1NC(=O)c1ncn[nH]1. The molecule has 1 saturated carbocycles. The summed E-state index contributed by atoms with van der Waals surface area (Å²) in [5.74, 6) is 0.715. The van der Waals surface area contributed by atoms with Gasteiger partial charge < -0.3 is 5.32 Å². The van der Waals surface area contributed by atoms with E-state index in [1.54, 1.807) is 0 Å². The van der Waals surface area contributed by atoms with Crippen LogP contribution in [0.25, 0.3) is 0 Å². The van der Waals surface area contributed by atoms with E-state index in [2.05, 4.69) is 27.4 Å². The van der Waals surface area contributed by atoms with Crippen LogP contribution in [-0.2, 0) is 0 Å². The molecule has 76 valence electrons. The lowest BCUT2D eigenvalue weighted by Gasteiger charge is -2.15. The van der Waals surface area contributed by atoms with Crippen LogP contribution < -0.4 is 5.32 Å². The van der Waals surface area contributed by atoms with Gasteiger partial charge >= 0.3 is 0 Å². The van der Waals surface area contributed by atoms with Crippen LogP contribution in [0.4, 0.5) is 0 Å². The molecule has 0 spiro atoms. The number of nitrogens with zero attached hydrogens (tertiary/aromatic N) is 2. The zero-order valence-corrected chi connectivity index (χ0v) is 8.16. The lowest BCUT2D eigenvalue weighted by molar-refractivity contribution is 0.0919. The molecule has 1 amide bonds. The summed E-state index contributed by atoms with van der Waals surface area (Å²) in [5.41, 5.74) is 0. The molecule has 5 heteroatoms. The van der Waals surface area contributed by atoms with Crippen molar-refractivity contribution in [1.29, 1.82) is 0 Å². The van der Waals surface area contributed by atoms with Crippen LogP contribution in [0.1, 0.15) is 36.8 Å². The summed E-state index contributed by atoms with van der Waals surface area (Å²) in [6, 6.07) is 0.299. The molecule has 1 fully saturated rings. The Labute approximate surface area is 82.3 Å². The van der Waals surface area contributed by atoms with E-state index in [9.17, 15) is 4.79 Å². The molecule has 1 heterocycles. The summed E-state index contributed by atoms with van der Waals surface area (Å²) < 4.78 is 0. The van der Waals surface area contributed by atoms with E-state index in [0.717, 1.165) is 6.42 Å². The first-order valence-electron chi connectivity index (χ1n) is 4.93. The smallest absolute Gasteiger partial charge is 0.288 e. The van der Waals surface area contributed by atoms with Crippen LogP contribution in [0, 0.1) is 5.92 Å². The maximum absolute atomic E-state index is 11.6. The molecule has 1 aliphatic rings. The minimum Gasteiger partial charge on any atom is -0.346 e. The van der Waals surface area contributed by atoms with E-state index < -0.39 is 0 Å². The average Bonchev–Trinajstić information content (AvgIpc) is 2.77. The van der Waals surface area contributed by atoms with Crippen molar-refractivity contribution in [2.75, 3.05) is 0 Å². The highest BCUT2D eigenvalue weighted by Crippen LogP contribution is 2.24. The van der Waals surface area contributed by atoms with Crippen molar-refractivity contribution in [2.45, 2.75) is 32.2 Å². The van der Waals surface area contributed by atoms with Gasteiger partial charge in [-0.1, -0.05) is 13.3 Å². The molecular weight excluding hydrogens is 180 g/mol. The number of carbonyl (C=O) groups is 1. The summed E-state index contributed by atoms with van der Waals surface area (Å²) in [6.07, 6.45) is 4.80. The highest BCUT2D eigenvalue weighted by Gasteiger charge is 2.25. The molecule has 2 N–H and O–H groups in total. The van der Waals surface area contributed by atoms with Crippen molar-refractivity contribution in [3.05, 3.63) is 12.2 Å². The molecule has 1 aliphatic carbocycles. The number of amides is 1. The maximum Gasteiger partial charge on any atom is 0.288 e. The highest BCUT2D eigenvalue weighted by molar-refractivity contribution is 5.90. The van der Waals surface area contributed by atoms with Gasteiger partial charge in [-0.2, -0.15) is 5.10 Å². The molecule has 14 heavy (non-hydrogen) atoms. The third kappa shape index (κ3) is 1.76. The molecule has 2 atom stereocenters. The van der Waals surface area contributed by atoms with Crippen molar-refractivity contribution >= 4 is 5.91 Å². The quantitative estimate of drug-likeness (QED) is 0.728. The fourth-order valence-corrected chi connectivity index (χ4v) is 1.91. The predicted molar refractivity (Wildman–Crippen MR) is 50.7 cm³/mol. The normalized spacial score (nSPS) is 26.4. The Balaban J connectivity index is 1.95.